The monoisotopic (exact) mass is 495 g/mol. The van der Waals surface area contributed by atoms with E-state index >= 15 is 0 Å². The molecule has 13 heteroatoms. The molecule has 1 aliphatic carbocycles. The Bertz CT molecular complexity index is 1200. The van der Waals surface area contributed by atoms with E-state index in [2.05, 4.69) is 30.3 Å². The topological polar surface area (TPSA) is 81.0 Å². The molecule has 0 unspecified atom stereocenters. The number of benzene rings is 1. The van der Waals surface area contributed by atoms with Crippen molar-refractivity contribution in [1.29, 1.82) is 0 Å². The molecule has 2 bridgehead atoms. The third kappa shape index (κ3) is 5.13. The van der Waals surface area contributed by atoms with Crippen LogP contribution in [0.3, 0.4) is 0 Å². The zero-order valence-corrected chi connectivity index (χ0v) is 18.6. The smallest absolute Gasteiger partial charge is 0.408 e. The Balaban J connectivity index is 1.34. The van der Waals surface area contributed by atoms with Gasteiger partial charge >= 0.3 is 12.2 Å². The van der Waals surface area contributed by atoms with Gasteiger partial charge in [-0.2, -0.15) is 18.2 Å². The molecule has 1 aliphatic heterocycles. The summed E-state index contributed by atoms with van der Waals surface area (Å²) in [6.45, 7) is 1.91. The average Bonchev–Trinajstić information content (AvgIpc) is 3.24. The van der Waals surface area contributed by atoms with E-state index in [0.29, 0.717) is 4.68 Å². The molecule has 2 aromatic heterocycles. The van der Waals surface area contributed by atoms with Crippen LogP contribution < -0.4 is 15.0 Å². The Labute approximate surface area is 197 Å². The molecule has 1 N–H and O–H groups in total. The van der Waals surface area contributed by atoms with E-state index in [1.54, 1.807) is 0 Å². The van der Waals surface area contributed by atoms with E-state index in [4.69, 9.17) is 4.74 Å². The maximum atomic E-state index is 13.5. The Hall–Kier alpha value is -3.51. The number of alkyl halides is 3. The summed E-state index contributed by atoms with van der Waals surface area (Å²) < 4.78 is 72.0. The van der Waals surface area contributed by atoms with Crippen LogP contribution in [0.15, 0.2) is 30.6 Å². The van der Waals surface area contributed by atoms with Crippen LogP contribution >= 0.6 is 0 Å². The summed E-state index contributed by atoms with van der Waals surface area (Å²) in [5.41, 5.74) is 0.871. The molecule has 1 saturated heterocycles. The molecule has 0 amide bonds. The lowest BCUT2D eigenvalue weighted by molar-refractivity contribution is -0.143. The number of piperidine rings is 1. The molecule has 3 aromatic rings. The highest BCUT2D eigenvalue weighted by molar-refractivity contribution is 5.42. The third-order valence-electron chi connectivity index (χ3n) is 6.31. The highest BCUT2D eigenvalue weighted by Gasteiger charge is 2.43. The number of hydrogen-bond donors (Lipinski definition) is 1. The van der Waals surface area contributed by atoms with Crippen molar-refractivity contribution >= 4 is 11.8 Å². The molecule has 35 heavy (non-hydrogen) atoms. The number of rotatable bonds is 6. The second kappa shape index (κ2) is 8.93. The third-order valence-corrected chi connectivity index (χ3v) is 6.31. The molecule has 8 nitrogen and oxygen atoms in total. The minimum atomic E-state index is -4.59. The first-order valence-electron chi connectivity index (χ1n) is 11.1. The van der Waals surface area contributed by atoms with Gasteiger partial charge in [-0.1, -0.05) is 0 Å². The van der Waals surface area contributed by atoms with Crippen LogP contribution in [0.25, 0.3) is 0 Å². The Morgan fingerprint density at radius 1 is 1.06 bits per heavy atom. The lowest BCUT2D eigenvalue weighted by atomic mass is 9.92. The summed E-state index contributed by atoms with van der Waals surface area (Å²) >= 11 is 0. The lowest BCUT2D eigenvalue weighted by Gasteiger charge is -2.38. The molecule has 1 aromatic carbocycles. The second-order valence-electron chi connectivity index (χ2n) is 8.86. The predicted octanol–water partition coefficient (Wildman–Crippen LogP) is 4.34. The minimum Gasteiger partial charge on any atom is -0.424 e. The fourth-order valence-electron chi connectivity index (χ4n) is 4.79. The highest BCUT2D eigenvalue weighted by Crippen LogP contribution is 2.40. The molecule has 3 atom stereocenters. The first-order chi connectivity index (χ1) is 16.6. The Kier molecular flexibility index (Phi) is 5.93. The lowest BCUT2D eigenvalue weighted by Crippen LogP contribution is -2.48. The largest absolute Gasteiger partial charge is 0.424 e. The predicted molar refractivity (Wildman–Crippen MR) is 115 cm³/mol. The van der Waals surface area contributed by atoms with Crippen LogP contribution in [-0.2, 0) is 6.54 Å². The number of nitrogens with zero attached hydrogens (tertiary/aromatic N) is 6. The summed E-state index contributed by atoms with van der Waals surface area (Å²) in [5, 5.41) is 7.15. The van der Waals surface area contributed by atoms with Crippen LogP contribution in [0.5, 0.6) is 11.8 Å². The van der Waals surface area contributed by atoms with E-state index in [9.17, 15) is 22.0 Å². The van der Waals surface area contributed by atoms with Crippen molar-refractivity contribution in [2.45, 2.75) is 38.5 Å². The Morgan fingerprint density at radius 2 is 1.80 bits per heavy atom. The molecule has 2 aliphatic rings. The SMILES string of the molecule is Cc1cc(N2C[C@H]3CC[C@@H](C2)[C@H]3Nc2nc(Oc3ccc(F)c(F)c3)n(CC(F)(F)F)n2)ncn1. The van der Waals surface area contributed by atoms with Gasteiger partial charge in [-0.3, -0.25) is 0 Å². The van der Waals surface area contributed by atoms with Crippen LogP contribution in [0.2, 0.25) is 0 Å². The standard InChI is InChI=1S/C22H22F5N7O/c1-12-6-18(29-11-28-12)33-8-13-2-3-14(9-33)19(13)30-20-31-21(34(32-20)10-22(25,26)27)35-15-4-5-16(23)17(24)7-15/h4-7,11,13-14,19H,2-3,8-10H2,1H3,(H,30,32)/t13-,14+,19+. The van der Waals surface area contributed by atoms with Gasteiger partial charge in [0.1, 0.15) is 24.4 Å². The molecule has 3 heterocycles. The number of hydrogen-bond acceptors (Lipinski definition) is 7. The Morgan fingerprint density at radius 3 is 2.46 bits per heavy atom. The number of fused-ring (bicyclic) bond motifs is 2. The average molecular weight is 495 g/mol. The molecular formula is C22H22F5N7O. The first kappa shape index (κ1) is 23.2. The van der Waals surface area contributed by atoms with E-state index < -0.39 is 30.4 Å². The zero-order chi connectivity index (χ0) is 24.7. The molecule has 186 valence electrons. The molecule has 0 spiro atoms. The van der Waals surface area contributed by atoms with Crippen LogP contribution in [0.4, 0.5) is 33.7 Å². The number of anilines is 2. The number of ether oxygens (including phenoxy) is 1. The van der Waals surface area contributed by atoms with Gasteiger partial charge in [0.05, 0.1) is 0 Å². The van der Waals surface area contributed by atoms with Crippen molar-refractivity contribution in [3.63, 3.8) is 0 Å². The summed E-state index contributed by atoms with van der Waals surface area (Å²) in [7, 11) is 0. The number of nitrogens with one attached hydrogen (secondary N) is 1. The summed E-state index contributed by atoms with van der Waals surface area (Å²) in [6, 6.07) is 4.07. The minimum absolute atomic E-state index is 0.0138. The van der Waals surface area contributed by atoms with E-state index in [1.807, 2.05) is 13.0 Å². The van der Waals surface area contributed by atoms with Crippen molar-refractivity contribution in [2.24, 2.45) is 11.8 Å². The molecule has 5 rings (SSSR count). The summed E-state index contributed by atoms with van der Waals surface area (Å²) in [6.07, 6.45) is -1.16. The van der Waals surface area contributed by atoms with Crippen molar-refractivity contribution in [3.8, 4) is 11.8 Å². The molecule has 1 saturated carbocycles. The van der Waals surface area contributed by atoms with Gasteiger partial charge in [0, 0.05) is 37.0 Å². The van der Waals surface area contributed by atoms with Gasteiger partial charge in [0.25, 0.3) is 0 Å². The van der Waals surface area contributed by atoms with Gasteiger partial charge in [0.2, 0.25) is 5.95 Å². The number of halogens is 5. The highest BCUT2D eigenvalue weighted by atomic mass is 19.4. The maximum absolute atomic E-state index is 13.5. The van der Waals surface area contributed by atoms with Gasteiger partial charge in [0.15, 0.2) is 11.6 Å². The van der Waals surface area contributed by atoms with E-state index in [-0.39, 0.29) is 29.6 Å². The molecule has 2 fully saturated rings. The van der Waals surface area contributed by atoms with Crippen LogP contribution in [0, 0.1) is 30.4 Å². The number of aromatic nitrogens is 5. The summed E-state index contributed by atoms with van der Waals surface area (Å²) in [4.78, 5) is 14.8. The molecule has 0 radical (unpaired) electrons. The van der Waals surface area contributed by atoms with Crippen LogP contribution in [-0.4, -0.2) is 50.0 Å². The number of aryl methyl sites for hydroxylation is 1. The van der Waals surface area contributed by atoms with Crippen molar-refractivity contribution in [2.75, 3.05) is 23.3 Å². The molecular weight excluding hydrogens is 473 g/mol. The zero-order valence-electron chi connectivity index (χ0n) is 18.6. The van der Waals surface area contributed by atoms with E-state index in [1.165, 1.54) is 6.33 Å². The van der Waals surface area contributed by atoms with Crippen molar-refractivity contribution < 1.29 is 26.7 Å². The van der Waals surface area contributed by atoms with Crippen molar-refractivity contribution in [3.05, 3.63) is 47.9 Å². The van der Waals surface area contributed by atoms with Gasteiger partial charge in [-0.05, 0) is 43.7 Å². The van der Waals surface area contributed by atoms with Gasteiger partial charge in [-0.15, -0.1) is 5.10 Å². The second-order valence-corrected chi connectivity index (χ2v) is 8.86. The van der Waals surface area contributed by atoms with E-state index in [0.717, 1.165) is 55.6 Å². The maximum Gasteiger partial charge on any atom is 0.408 e. The van der Waals surface area contributed by atoms with Gasteiger partial charge < -0.3 is 15.0 Å². The van der Waals surface area contributed by atoms with Crippen LogP contribution in [0.1, 0.15) is 18.5 Å². The fraction of sp³-hybridized carbons (Fsp3) is 0.455. The van der Waals surface area contributed by atoms with Crippen molar-refractivity contribution in [1.82, 2.24) is 24.7 Å². The quantitative estimate of drug-likeness (QED) is 0.510. The summed E-state index contributed by atoms with van der Waals surface area (Å²) in [5.74, 6) is -1.22. The first-order valence-corrected chi connectivity index (χ1v) is 11.1. The fourth-order valence-corrected chi connectivity index (χ4v) is 4.79. The normalized spacial score (nSPS) is 21.9. The van der Waals surface area contributed by atoms with Gasteiger partial charge in [-0.25, -0.2) is 23.4 Å².